The molecule has 0 bridgehead atoms. The second-order valence-electron chi connectivity index (χ2n) is 3.61. The minimum Gasteiger partial charge on any atom is -0.481 e. The van der Waals surface area contributed by atoms with Gasteiger partial charge >= 0.3 is 0 Å². The van der Waals surface area contributed by atoms with Gasteiger partial charge in [0.15, 0.2) is 0 Å². The van der Waals surface area contributed by atoms with Crippen molar-refractivity contribution in [3.05, 3.63) is 6.07 Å². The average Bonchev–Trinajstić information content (AvgIpc) is 2.34. The van der Waals surface area contributed by atoms with Gasteiger partial charge in [-0.05, 0) is 13.1 Å². The highest BCUT2D eigenvalue weighted by atomic mass is 16.5. The number of likely N-dealkylation sites (N-methyl/N-ethyl adjacent to an activating group) is 1. The third kappa shape index (κ3) is 4.44. The zero-order valence-corrected chi connectivity index (χ0v) is 10.7. The Morgan fingerprint density at radius 3 is 2.65 bits per heavy atom. The van der Waals surface area contributed by atoms with Crippen molar-refractivity contribution < 1.29 is 4.74 Å². The number of rotatable bonds is 7. The van der Waals surface area contributed by atoms with Gasteiger partial charge in [-0.1, -0.05) is 13.8 Å². The highest BCUT2D eigenvalue weighted by molar-refractivity contribution is 5.42. The molecule has 0 fully saturated rings. The number of hydrogen-bond acceptors (Lipinski definition) is 6. The van der Waals surface area contributed by atoms with Gasteiger partial charge < -0.3 is 20.7 Å². The van der Waals surface area contributed by atoms with E-state index in [0.717, 1.165) is 26.2 Å². The molecule has 3 N–H and O–H groups in total. The number of ether oxygens (including phenoxy) is 1. The van der Waals surface area contributed by atoms with E-state index in [-0.39, 0.29) is 5.95 Å². The molecule has 0 saturated carbocycles. The van der Waals surface area contributed by atoms with Crippen LogP contribution in [0.2, 0.25) is 0 Å². The summed E-state index contributed by atoms with van der Waals surface area (Å²) in [6.07, 6.45) is 0. The Hall–Kier alpha value is -1.56. The van der Waals surface area contributed by atoms with E-state index >= 15 is 0 Å². The van der Waals surface area contributed by atoms with Crippen LogP contribution in [0, 0.1) is 0 Å². The Balaban J connectivity index is 2.48. The molecule has 6 nitrogen and oxygen atoms in total. The van der Waals surface area contributed by atoms with Crippen LogP contribution in [-0.4, -0.2) is 48.2 Å². The highest BCUT2D eigenvalue weighted by Crippen LogP contribution is 2.13. The highest BCUT2D eigenvalue weighted by Gasteiger charge is 2.03. The van der Waals surface area contributed by atoms with Gasteiger partial charge in [0.05, 0.1) is 7.11 Å². The lowest BCUT2D eigenvalue weighted by Gasteiger charge is -2.18. The van der Waals surface area contributed by atoms with E-state index in [2.05, 4.69) is 34.0 Å². The normalized spacial score (nSPS) is 10.6. The van der Waals surface area contributed by atoms with E-state index < -0.39 is 0 Å². The molecule has 0 radical (unpaired) electrons. The smallest absolute Gasteiger partial charge is 0.225 e. The fourth-order valence-electron chi connectivity index (χ4n) is 1.52. The van der Waals surface area contributed by atoms with Crippen LogP contribution in [-0.2, 0) is 0 Å². The summed E-state index contributed by atoms with van der Waals surface area (Å²) in [7, 11) is 1.56. The maximum Gasteiger partial charge on any atom is 0.225 e. The van der Waals surface area contributed by atoms with E-state index in [0.29, 0.717) is 11.7 Å². The van der Waals surface area contributed by atoms with Crippen molar-refractivity contribution in [3.8, 4) is 5.88 Å². The standard InChI is InChI=1S/C11H21N5O/c1-4-16(5-2)7-6-13-9-8-10(17-3)15-11(12)14-9/h8H,4-7H2,1-3H3,(H3,12,13,14,15). The molecule has 0 aliphatic heterocycles. The number of nitrogens with one attached hydrogen (secondary N) is 1. The van der Waals surface area contributed by atoms with Gasteiger partial charge in [0, 0.05) is 19.2 Å². The molecule has 0 aliphatic carbocycles. The SMILES string of the molecule is CCN(CC)CCNc1cc(OC)nc(N)n1. The Morgan fingerprint density at radius 1 is 1.35 bits per heavy atom. The second-order valence-corrected chi connectivity index (χ2v) is 3.61. The largest absolute Gasteiger partial charge is 0.481 e. The first kappa shape index (κ1) is 13.5. The van der Waals surface area contributed by atoms with E-state index in [1.807, 2.05) is 0 Å². The summed E-state index contributed by atoms with van der Waals surface area (Å²) in [5.41, 5.74) is 5.57. The molecule has 0 saturated heterocycles. The molecule has 0 aliphatic rings. The van der Waals surface area contributed by atoms with E-state index in [1.54, 1.807) is 13.2 Å². The lowest BCUT2D eigenvalue weighted by atomic mass is 10.4. The first-order valence-corrected chi connectivity index (χ1v) is 5.84. The van der Waals surface area contributed by atoms with Crippen LogP contribution in [0.3, 0.4) is 0 Å². The Labute approximate surface area is 102 Å². The molecule has 0 atom stereocenters. The van der Waals surface area contributed by atoms with E-state index in [9.17, 15) is 0 Å². The molecule has 96 valence electrons. The van der Waals surface area contributed by atoms with Crippen LogP contribution < -0.4 is 15.8 Å². The lowest BCUT2D eigenvalue weighted by molar-refractivity contribution is 0.316. The maximum absolute atomic E-state index is 5.57. The van der Waals surface area contributed by atoms with Gasteiger partial charge in [0.25, 0.3) is 0 Å². The lowest BCUT2D eigenvalue weighted by Crippen LogP contribution is -2.28. The van der Waals surface area contributed by atoms with Gasteiger partial charge in [-0.15, -0.1) is 0 Å². The van der Waals surface area contributed by atoms with Crippen LogP contribution in [0.4, 0.5) is 11.8 Å². The van der Waals surface area contributed by atoms with Crippen LogP contribution in [0.1, 0.15) is 13.8 Å². The third-order valence-electron chi connectivity index (χ3n) is 2.56. The molecule has 0 aromatic carbocycles. The summed E-state index contributed by atoms with van der Waals surface area (Å²) in [4.78, 5) is 10.3. The minimum atomic E-state index is 0.217. The van der Waals surface area contributed by atoms with Crippen molar-refractivity contribution in [2.24, 2.45) is 0 Å². The third-order valence-corrected chi connectivity index (χ3v) is 2.56. The fraction of sp³-hybridized carbons (Fsp3) is 0.636. The van der Waals surface area contributed by atoms with Crippen LogP contribution in [0.5, 0.6) is 5.88 Å². The molecule has 1 heterocycles. The number of anilines is 2. The quantitative estimate of drug-likeness (QED) is 0.733. The predicted molar refractivity (Wildman–Crippen MR) is 69.3 cm³/mol. The van der Waals surface area contributed by atoms with Gasteiger partial charge in [0.1, 0.15) is 5.82 Å². The topological polar surface area (TPSA) is 76.3 Å². The predicted octanol–water partition coefficient (Wildman–Crippen LogP) is 0.821. The van der Waals surface area contributed by atoms with Gasteiger partial charge in [-0.2, -0.15) is 9.97 Å². The zero-order chi connectivity index (χ0) is 12.7. The van der Waals surface area contributed by atoms with Crippen molar-refractivity contribution in [2.75, 3.05) is 44.3 Å². The Kier molecular flexibility index (Phi) is 5.48. The van der Waals surface area contributed by atoms with Crippen molar-refractivity contribution in [1.82, 2.24) is 14.9 Å². The molecule has 0 spiro atoms. The number of nitrogens with two attached hydrogens (primary N) is 1. The minimum absolute atomic E-state index is 0.217. The second kappa shape index (κ2) is 6.90. The number of aromatic nitrogens is 2. The molecule has 6 heteroatoms. The average molecular weight is 239 g/mol. The summed E-state index contributed by atoms with van der Waals surface area (Å²) in [5, 5.41) is 3.21. The monoisotopic (exact) mass is 239 g/mol. The van der Waals surface area contributed by atoms with E-state index in [1.165, 1.54) is 0 Å². The first-order chi connectivity index (χ1) is 8.19. The maximum atomic E-state index is 5.57. The summed E-state index contributed by atoms with van der Waals surface area (Å²) in [6.45, 7) is 8.19. The summed E-state index contributed by atoms with van der Waals surface area (Å²) in [6, 6.07) is 1.73. The first-order valence-electron chi connectivity index (χ1n) is 5.84. The number of nitrogen functional groups attached to an aromatic ring is 1. The molecule has 0 amide bonds. The Morgan fingerprint density at radius 2 is 2.06 bits per heavy atom. The van der Waals surface area contributed by atoms with Gasteiger partial charge in [-0.25, -0.2) is 0 Å². The molecule has 1 rings (SSSR count). The van der Waals surface area contributed by atoms with Crippen LogP contribution in [0.15, 0.2) is 6.07 Å². The molecule has 17 heavy (non-hydrogen) atoms. The molecule has 0 unspecified atom stereocenters. The fourth-order valence-corrected chi connectivity index (χ4v) is 1.52. The summed E-state index contributed by atoms with van der Waals surface area (Å²) in [5.74, 6) is 1.39. The van der Waals surface area contributed by atoms with Crippen LogP contribution >= 0.6 is 0 Å². The van der Waals surface area contributed by atoms with Crippen molar-refractivity contribution >= 4 is 11.8 Å². The Bertz CT molecular complexity index is 341. The van der Waals surface area contributed by atoms with E-state index in [4.69, 9.17) is 10.5 Å². The van der Waals surface area contributed by atoms with Crippen molar-refractivity contribution in [2.45, 2.75) is 13.8 Å². The van der Waals surface area contributed by atoms with Crippen LogP contribution in [0.25, 0.3) is 0 Å². The molecule has 1 aromatic heterocycles. The number of nitrogens with zero attached hydrogens (tertiary/aromatic N) is 3. The zero-order valence-electron chi connectivity index (χ0n) is 10.7. The van der Waals surface area contributed by atoms with Gasteiger partial charge in [0.2, 0.25) is 11.8 Å². The number of hydrogen-bond donors (Lipinski definition) is 2. The molecular formula is C11H21N5O. The molecule has 1 aromatic rings. The van der Waals surface area contributed by atoms with Crippen molar-refractivity contribution in [1.29, 1.82) is 0 Å². The number of methoxy groups -OCH3 is 1. The van der Waals surface area contributed by atoms with Gasteiger partial charge in [-0.3, -0.25) is 0 Å². The van der Waals surface area contributed by atoms with Crippen molar-refractivity contribution in [3.63, 3.8) is 0 Å². The summed E-state index contributed by atoms with van der Waals surface area (Å²) < 4.78 is 5.02. The molecular weight excluding hydrogens is 218 g/mol. The summed E-state index contributed by atoms with van der Waals surface area (Å²) >= 11 is 0.